The van der Waals surface area contributed by atoms with Gasteiger partial charge in [0.2, 0.25) is 0 Å². The molecule has 2 unspecified atom stereocenters. The number of rotatable bonds is 3. The minimum absolute atomic E-state index is 0.308. The van der Waals surface area contributed by atoms with Gasteiger partial charge in [0.05, 0.1) is 0 Å². The van der Waals surface area contributed by atoms with Gasteiger partial charge in [0.15, 0.2) is 0 Å². The van der Waals surface area contributed by atoms with Crippen LogP contribution in [0.1, 0.15) is 37.3 Å². The molecule has 0 heterocycles. The minimum Gasteiger partial charge on any atom is -0.300 e. The summed E-state index contributed by atoms with van der Waals surface area (Å²) in [5.41, 5.74) is 2.72. The van der Waals surface area contributed by atoms with Gasteiger partial charge < -0.3 is 0 Å². The summed E-state index contributed by atoms with van der Waals surface area (Å²) >= 11 is 0. The fraction of sp³-hybridized carbons (Fsp3) is 0.462. The number of carbonyl (C=O) groups is 1. The second-order valence-electron chi connectivity index (χ2n) is 4.16. The minimum atomic E-state index is 0.308. The van der Waals surface area contributed by atoms with Crippen molar-refractivity contribution in [1.29, 1.82) is 0 Å². The number of Topliss-reactive ketones (excluding diaryl/α,β-unsaturated/α-hetero) is 1. The number of hydrogen-bond donors (Lipinski definition) is 0. The van der Waals surface area contributed by atoms with Crippen molar-refractivity contribution in [2.75, 3.05) is 0 Å². The molecular formula is C13H16O. The van der Waals surface area contributed by atoms with Gasteiger partial charge in [-0.05, 0) is 36.8 Å². The molecule has 2 atom stereocenters. The van der Waals surface area contributed by atoms with E-state index in [2.05, 4.69) is 31.2 Å². The van der Waals surface area contributed by atoms with Crippen molar-refractivity contribution in [2.45, 2.75) is 32.6 Å². The zero-order valence-corrected chi connectivity index (χ0v) is 8.79. The third-order valence-electron chi connectivity index (χ3n) is 3.10. The quantitative estimate of drug-likeness (QED) is 0.712. The van der Waals surface area contributed by atoms with Crippen molar-refractivity contribution in [3.63, 3.8) is 0 Å². The molecule has 0 aromatic heterocycles. The Hall–Kier alpha value is -1.11. The van der Waals surface area contributed by atoms with E-state index >= 15 is 0 Å². The van der Waals surface area contributed by atoms with Gasteiger partial charge in [-0.25, -0.2) is 0 Å². The molecule has 0 aliphatic heterocycles. The van der Waals surface area contributed by atoms with Crippen molar-refractivity contribution in [1.82, 2.24) is 0 Å². The number of aryl methyl sites for hydroxylation is 1. The Labute approximate surface area is 85.1 Å². The van der Waals surface area contributed by atoms with Crippen LogP contribution in [0.25, 0.3) is 0 Å². The van der Waals surface area contributed by atoms with Gasteiger partial charge >= 0.3 is 0 Å². The van der Waals surface area contributed by atoms with Crippen LogP contribution >= 0.6 is 0 Å². The van der Waals surface area contributed by atoms with Gasteiger partial charge in [0, 0.05) is 5.92 Å². The third kappa shape index (κ3) is 1.72. The van der Waals surface area contributed by atoms with Gasteiger partial charge in [-0.1, -0.05) is 31.2 Å². The Morgan fingerprint density at radius 3 is 2.86 bits per heavy atom. The maximum Gasteiger partial charge on any atom is 0.133 e. The summed E-state index contributed by atoms with van der Waals surface area (Å²) in [7, 11) is 0. The van der Waals surface area contributed by atoms with E-state index in [4.69, 9.17) is 0 Å². The first-order chi connectivity index (χ1) is 6.72. The molecule has 1 heteroatoms. The molecule has 1 aromatic rings. The predicted octanol–water partition coefficient (Wildman–Crippen LogP) is 2.94. The molecule has 74 valence electrons. The summed E-state index contributed by atoms with van der Waals surface area (Å²) in [5, 5.41) is 0. The van der Waals surface area contributed by atoms with Gasteiger partial charge in [0.1, 0.15) is 5.78 Å². The van der Waals surface area contributed by atoms with Crippen LogP contribution in [-0.2, 0) is 11.2 Å². The molecule has 1 saturated carbocycles. The summed E-state index contributed by atoms with van der Waals surface area (Å²) in [6.45, 7) is 3.86. The van der Waals surface area contributed by atoms with Crippen LogP contribution in [0.5, 0.6) is 0 Å². The monoisotopic (exact) mass is 188 g/mol. The molecule has 1 fully saturated rings. The third-order valence-corrected chi connectivity index (χ3v) is 3.10. The molecule has 1 aliphatic carbocycles. The lowest BCUT2D eigenvalue weighted by atomic mass is 10.0. The van der Waals surface area contributed by atoms with E-state index in [0.717, 1.165) is 12.8 Å². The Kier molecular flexibility index (Phi) is 2.40. The Morgan fingerprint density at radius 2 is 2.29 bits per heavy atom. The van der Waals surface area contributed by atoms with Crippen LogP contribution in [0.2, 0.25) is 0 Å². The SMILES string of the molecule is CCc1cccc(C2CC2C(C)=O)c1. The molecule has 0 N–H and O–H groups in total. The average Bonchev–Trinajstić information content (AvgIpc) is 2.97. The molecule has 2 rings (SSSR count). The van der Waals surface area contributed by atoms with E-state index in [-0.39, 0.29) is 0 Å². The van der Waals surface area contributed by atoms with Crippen molar-refractivity contribution in [3.8, 4) is 0 Å². The maximum atomic E-state index is 11.1. The van der Waals surface area contributed by atoms with E-state index in [9.17, 15) is 4.79 Å². The van der Waals surface area contributed by atoms with Crippen LogP contribution < -0.4 is 0 Å². The van der Waals surface area contributed by atoms with Gasteiger partial charge in [-0.3, -0.25) is 4.79 Å². The van der Waals surface area contributed by atoms with Crippen LogP contribution in [-0.4, -0.2) is 5.78 Å². The topological polar surface area (TPSA) is 17.1 Å². The summed E-state index contributed by atoms with van der Waals surface area (Å²) in [6.07, 6.45) is 2.13. The van der Waals surface area contributed by atoms with Gasteiger partial charge in [-0.2, -0.15) is 0 Å². The normalized spacial score (nSPS) is 24.7. The van der Waals surface area contributed by atoms with E-state index < -0.39 is 0 Å². The molecule has 0 radical (unpaired) electrons. The van der Waals surface area contributed by atoms with E-state index in [0.29, 0.717) is 17.6 Å². The molecule has 1 nitrogen and oxygen atoms in total. The fourth-order valence-electron chi connectivity index (χ4n) is 2.06. The van der Waals surface area contributed by atoms with Gasteiger partial charge in [0.25, 0.3) is 0 Å². The summed E-state index contributed by atoms with van der Waals surface area (Å²) in [4.78, 5) is 11.1. The molecule has 0 saturated heterocycles. The predicted molar refractivity (Wildman–Crippen MR) is 57.3 cm³/mol. The number of ketones is 1. The molecule has 1 aromatic carbocycles. The fourth-order valence-corrected chi connectivity index (χ4v) is 2.06. The van der Waals surface area contributed by atoms with E-state index in [1.165, 1.54) is 11.1 Å². The highest BCUT2D eigenvalue weighted by Crippen LogP contribution is 2.47. The molecule has 0 spiro atoms. The lowest BCUT2D eigenvalue weighted by Crippen LogP contribution is -1.95. The number of benzene rings is 1. The second-order valence-corrected chi connectivity index (χ2v) is 4.16. The second kappa shape index (κ2) is 3.56. The smallest absolute Gasteiger partial charge is 0.133 e. The Bertz CT molecular complexity index is 354. The summed E-state index contributed by atoms with van der Waals surface area (Å²) < 4.78 is 0. The largest absolute Gasteiger partial charge is 0.300 e. The molecule has 0 amide bonds. The molecular weight excluding hydrogens is 172 g/mol. The summed E-state index contributed by atoms with van der Waals surface area (Å²) in [5.74, 6) is 1.16. The van der Waals surface area contributed by atoms with Crippen molar-refractivity contribution < 1.29 is 4.79 Å². The van der Waals surface area contributed by atoms with Crippen LogP contribution in [0.3, 0.4) is 0 Å². The lowest BCUT2D eigenvalue weighted by Gasteiger charge is -2.01. The Balaban J connectivity index is 2.15. The van der Waals surface area contributed by atoms with Crippen LogP contribution in [0.15, 0.2) is 24.3 Å². The van der Waals surface area contributed by atoms with Crippen molar-refractivity contribution in [3.05, 3.63) is 35.4 Å². The molecule has 14 heavy (non-hydrogen) atoms. The first-order valence-electron chi connectivity index (χ1n) is 5.31. The zero-order valence-electron chi connectivity index (χ0n) is 8.79. The first kappa shape index (κ1) is 9.45. The van der Waals surface area contributed by atoms with Crippen LogP contribution in [0.4, 0.5) is 0 Å². The highest BCUT2D eigenvalue weighted by molar-refractivity contribution is 5.82. The van der Waals surface area contributed by atoms with Gasteiger partial charge in [-0.15, -0.1) is 0 Å². The maximum absolute atomic E-state index is 11.1. The highest BCUT2D eigenvalue weighted by atomic mass is 16.1. The number of hydrogen-bond acceptors (Lipinski definition) is 1. The lowest BCUT2D eigenvalue weighted by molar-refractivity contribution is -0.118. The number of carbonyl (C=O) groups excluding carboxylic acids is 1. The van der Waals surface area contributed by atoms with E-state index in [1.807, 2.05) is 0 Å². The van der Waals surface area contributed by atoms with Crippen molar-refractivity contribution in [2.24, 2.45) is 5.92 Å². The average molecular weight is 188 g/mol. The summed E-state index contributed by atoms with van der Waals surface area (Å²) in [6, 6.07) is 8.64. The van der Waals surface area contributed by atoms with E-state index in [1.54, 1.807) is 6.92 Å². The van der Waals surface area contributed by atoms with Crippen LogP contribution in [0, 0.1) is 5.92 Å². The first-order valence-corrected chi connectivity index (χ1v) is 5.31. The zero-order chi connectivity index (χ0) is 10.1. The highest BCUT2D eigenvalue weighted by Gasteiger charge is 2.41. The standard InChI is InChI=1S/C13H16O/c1-3-10-5-4-6-11(7-10)13-8-12(13)9(2)14/h4-7,12-13H,3,8H2,1-2H3. The Morgan fingerprint density at radius 1 is 1.50 bits per heavy atom. The molecule has 0 bridgehead atoms. The molecule has 1 aliphatic rings. The van der Waals surface area contributed by atoms with Crippen molar-refractivity contribution >= 4 is 5.78 Å².